The molecule has 2 atom stereocenters. The van der Waals surface area contributed by atoms with Gasteiger partial charge < -0.3 is 19.5 Å². The molecule has 2 heterocycles. The SMILES string of the molecule is O=C(c1ccc2c(c1)OCCCO2)N1CCN(C2CCCC2O)CC1. The van der Waals surface area contributed by atoms with Crippen molar-refractivity contribution >= 4 is 5.91 Å². The predicted octanol–water partition coefficient (Wildman–Crippen LogP) is 1.52. The molecule has 1 aromatic carbocycles. The number of carbonyl (C=O) groups is 1. The van der Waals surface area contributed by atoms with Gasteiger partial charge in [0.15, 0.2) is 11.5 Å². The molecule has 1 amide bonds. The number of piperazine rings is 1. The number of carbonyl (C=O) groups excluding carboxylic acids is 1. The second kappa shape index (κ2) is 7.22. The molecule has 6 heteroatoms. The van der Waals surface area contributed by atoms with Gasteiger partial charge in [-0.2, -0.15) is 0 Å². The van der Waals surface area contributed by atoms with Crippen molar-refractivity contribution in [1.29, 1.82) is 0 Å². The molecule has 0 spiro atoms. The van der Waals surface area contributed by atoms with Crippen molar-refractivity contribution in [3.63, 3.8) is 0 Å². The van der Waals surface area contributed by atoms with Crippen LogP contribution in [0.3, 0.4) is 0 Å². The van der Waals surface area contributed by atoms with Crippen LogP contribution in [-0.2, 0) is 0 Å². The zero-order chi connectivity index (χ0) is 17.2. The average molecular weight is 346 g/mol. The number of nitrogens with zero attached hydrogens (tertiary/aromatic N) is 2. The minimum Gasteiger partial charge on any atom is -0.490 e. The van der Waals surface area contributed by atoms with Crippen LogP contribution in [0.5, 0.6) is 11.5 Å². The molecule has 1 aromatic rings. The lowest BCUT2D eigenvalue weighted by atomic mass is 10.1. The van der Waals surface area contributed by atoms with Crippen LogP contribution >= 0.6 is 0 Å². The molecule has 25 heavy (non-hydrogen) atoms. The Bertz CT molecular complexity index is 628. The van der Waals surface area contributed by atoms with Gasteiger partial charge in [0.25, 0.3) is 5.91 Å². The minimum atomic E-state index is -0.205. The van der Waals surface area contributed by atoms with E-state index in [2.05, 4.69) is 4.90 Å². The van der Waals surface area contributed by atoms with Crippen LogP contribution in [-0.4, -0.2) is 72.4 Å². The Morgan fingerprint density at radius 3 is 2.48 bits per heavy atom. The Morgan fingerprint density at radius 2 is 1.76 bits per heavy atom. The molecular weight excluding hydrogens is 320 g/mol. The highest BCUT2D eigenvalue weighted by molar-refractivity contribution is 5.95. The summed E-state index contributed by atoms with van der Waals surface area (Å²) in [6.07, 6.45) is 3.72. The summed E-state index contributed by atoms with van der Waals surface area (Å²) in [6.45, 7) is 4.34. The predicted molar refractivity (Wildman–Crippen MR) is 93.2 cm³/mol. The minimum absolute atomic E-state index is 0.0438. The average Bonchev–Trinajstić information content (AvgIpc) is 2.93. The lowest BCUT2D eigenvalue weighted by molar-refractivity contribution is 0.0315. The fourth-order valence-corrected chi connectivity index (χ4v) is 4.08. The van der Waals surface area contributed by atoms with E-state index in [1.165, 1.54) is 0 Å². The van der Waals surface area contributed by atoms with Crippen molar-refractivity contribution in [3.05, 3.63) is 23.8 Å². The number of aliphatic hydroxyl groups excluding tert-OH is 1. The lowest BCUT2D eigenvalue weighted by Crippen LogP contribution is -2.53. The van der Waals surface area contributed by atoms with Crippen molar-refractivity contribution in [1.82, 2.24) is 9.80 Å². The molecule has 2 fully saturated rings. The first-order valence-corrected chi connectivity index (χ1v) is 9.33. The highest BCUT2D eigenvalue weighted by Gasteiger charge is 2.33. The summed E-state index contributed by atoms with van der Waals surface area (Å²) in [5, 5.41) is 10.1. The first-order chi connectivity index (χ1) is 12.2. The first kappa shape index (κ1) is 16.7. The fourth-order valence-electron chi connectivity index (χ4n) is 4.08. The maximum Gasteiger partial charge on any atom is 0.254 e. The molecule has 2 aliphatic heterocycles. The Morgan fingerprint density at radius 1 is 1.00 bits per heavy atom. The number of benzene rings is 1. The van der Waals surface area contributed by atoms with Gasteiger partial charge in [0.2, 0.25) is 0 Å². The molecule has 0 radical (unpaired) electrons. The number of rotatable bonds is 2. The Hall–Kier alpha value is -1.79. The van der Waals surface area contributed by atoms with Crippen molar-refractivity contribution in [2.24, 2.45) is 0 Å². The lowest BCUT2D eigenvalue weighted by Gasteiger charge is -2.39. The van der Waals surface area contributed by atoms with Gasteiger partial charge in [0.05, 0.1) is 19.3 Å². The zero-order valence-electron chi connectivity index (χ0n) is 14.5. The number of amides is 1. The van der Waals surface area contributed by atoms with Crippen molar-refractivity contribution in [3.8, 4) is 11.5 Å². The smallest absolute Gasteiger partial charge is 0.254 e. The van der Waals surface area contributed by atoms with Gasteiger partial charge in [-0.05, 0) is 37.5 Å². The second-order valence-electron chi connectivity index (χ2n) is 7.11. The van der Waals surface area contributed by atoms with E-state index in [-0.39, 0.29) is 18.1 Å². The van der Waals surface area contributed by atoms with E-state index < -0.39 is 0 Å². The molecule has 136 valence electrons. The fraction of sp³-hybridized carbons (Fsp3) is 0.632. The van der Waals surface area contributed by atoms with Crippen LogP contribution < -0.4 is 9.47 Å². The molecule has 1 aliphatic carbocycles. The first-order valence-electron chi connectivity index (χ1n) is 9.33. The standard InChI is InChI=1S/C19H26N2O4/c22-16-4-1-3-15(16)20-7-9-21(10-8-20)19(23)14-5-6-17-18(13-14)25-12-2-11-24-17/h5-6,13,15-16,22H,1-4,7-12H2. The number of ether oxygens (including phenoxy) is 2. The molecule has 0 bridgehead atoms. The summed E-state index contributed by atoms with van der Waals surface area (Å²) >= 11 is 0. The molecule has 4 rings (SSSR count). The third kappa shape index (κ3) is 3.46. The zero-order valence-corrected chi connectivity index (χ0v) is 14.5. The summed E-state index contributed by atoms with van der Waals surface area (Å²) in [5.41, 5.74) is 0.651. The van der Waals surface area contributed by atoms with E-state index in [4.69, 9.17) is 9.47 Å². The van der Waals surface area contributed by atoms with Gasteiger partial charge in [-0.25, -0.2) is 0 Å². The quantitative estimate of drug-likeness (QED) is 0.880. The summed E-state index contributed by atoms with van der Waals surface area (Å²) in [4.78, 5) is 17.1. The monoisotopic (exact) mass is 346 g/mol. The number of hydrogen-bond acceptors (Lipinski definition) is 5. The van der Waals surface area contributed by atoms with Crippen LogP contribution in [0, 0.1) is 0 Å². The Kier molecular flexibility index (Phi) is 4.81. The summed E-state index contributed by atoms with van der Waals surface area (Å²) in [6, 6.07) is 5.73. The molecule has 1 saturated heterocycles. The van der Waals surface area contributed by atoms with Gasteiger partial charge in [-0.1, -0.05) is 0 Å². The van der Waals surface area contributed by atoms with Crippen LogP contribution in [0.25, 0.3) is 0 Å². The second-order valence-corrected chi connectivity index (χ2v) is 7.11. The maximum absolute atomic E-state index is 12.8. The molecule has 6 nitrogen and oxygen atoms in total. The topological polar surface area (TPSA) is 62.2 Å². The highest BCUT2D eigenvalue weighted by atomic mass is 16.5. The third-order valence-corrected chi connectivity index (χ3v) is 5.51. The Balaban J connectivity index is 1.40. The molecule has 2 unspecified atom stereocenters. The molecule has 3 aliphatic rings. The summed E-state index contributed by atoms with van der Waals surface area (Å²) in [7, 11) is 0. The highest BCUT2D eigenvalue weighted by Crippen LogP contribution is 2.31. The molecular formula is C19H26N2O4. The molecule has 1 N–H and O–H groups in total. The van der Waals surface area contributed by atoms with Gasteiger partial charge in [-0.3, -0.25) is 9.69 Å². The number of aliphatic hydroxyl groups is 1. The van der Waals surface area contributed by atoms with Gasteiger partial charge in [0, 0.05) is 44.2 Å². The van der Waals surface area contributed by atoms with Gasteiger partial charge in [-0.15, -0.1) is 0 Å². The van der Waals surface area contributed by atoms with Crippen molar-refractivity contribution in [2.45, 2.75) is 37.8 Å². The number of fused-ring (bicyclic) bond motifs is 1. The van der Waals surface area contributed by atoms with Crippen molar-refractivity contribution in [2.75, 3.05) is 39.4 Å². The maximum atomic E-state index is 12.8. The van der Waals surface area contributed by atoms with E-state index >= 15 is 0 Å². The van der Waals surface area contributed by atoms with Crippen LogP contribution in [0.15, 0.2) is 18.2 Å². The van der Waals surface area contributed by atoms with Crippen LogP contribution in [0.1, 0.15) is 36.0 Å². The molecule has 1 saturated carbocycles. The normalized spacial score (nSPS) is 27.2. The van der Waals surface area contributed by atoms with E-state index in [0.717, 1.165) is 38.8 Å². The van der Waals surface area contributed by atoms with E-state index in [1.54, 1.807) is 6.07 Å². The van der Waals surface area contributed by atoms with Gasteiger partial charge >= 0.3 is 0 Å². The number of hydrogen-bond donors (Lipinski definition) is 1. The summed E-state index contributed by atoms with van der Waals surface area (Å²) in [5.74, 6) is 1.42. The molecule has 0 aromatic heterocycles. The van der Waals surface area contributed by atoms with Crippen LogP contribution in [0.2, 0.25) is 0 Å². The van der Waals surface area contributed by atoms with E-state index in [9.17, 15) is 9.90 Å². The van der Waals surface area contributed by atoms with E-state index in [1.807, 2.05) is 17.0 Å². The van der Waals surface area contributed by atoms with Gasteiger partial charge in [0.1, 0.15) is 0 Å². The third-order valence-electron chi connectivity index (χ3n) is 5.51. The van der Waals surface area contributed by atoms with Crippen molar-refractivity contribution < 1.29 is 19.4 Å². The Labute approximate surface area is 148 Å². The van der Waals surface area contributed by atoms with E-state index in [0.29, 0.717) is 43.4 Å². The largest absolute Gasteiger partial charge is 0.490 e. The van der Waals surface area contributed by atoms with Crippen LogP contribution in [0.4, 0.5) is 0 Å². The summed E-state index contributed by atoms with van der Waals surface area (Å²) < 4.78 is 11.3.